The number of imidazole rings is 1. The summed E-state index contributed by atoms with van der Waals surface area (Å²) in [6, 6.07) is 10.6. The maximum atomic E-state index is 13.8. The number of halogens is 2. The van der Waals surface area contributed by atoms with E-state index < -0.39 is 0 Å². The van der Waals surface area contributed by atoms with Crippen LogP contribution in [0.15, 0.2) is 47.2 Å². The third-order valence-electron chi connectivity index (χ3n) is 2.85. The minimum atomic E-state index is -0.265. The number of benzene rings is 1. The molecule has 18 heavy (non-hydrogen) atoms. The Kier molecular flexibility index (Phi) is 2.67. The summed E-state index contributed by atoms with van der Waals surface area (Å²) >= 11 is 3.41. The number of pyridine rings is 1. The molecule has 1 aromatic carbocycles. The van der Waals surface area contributed by atoms with Gasteiger partial charge < -0.3 is 0 Å². The number of hydrogen-bond donors (Lipinski definition) is 0. The topological polar surface area (TPSA) is 17.3 Å². The number of aryl methyl sites for hydroxylation is 1. The van der Waals surface area contributed by atoms with Crippen molar-refractivity contribution < 1.29 is 4.39 Å². The first kappa shape index (κ1) is 11.4. The molecule has 2 heterocycles. The number of hydrogen-bond acceptors (Lipinski definition) is 1. The second-order valence-electron chi connectivity index (χ2n) is 4.17. The summed E-state index contributed by atoms with van der Waals surface area (Å²) in [5.74, 6) is 0.345. The Morgan fingerprint density at radius 3 is 2.72 bits per heavy atom. The number of fused-ring (bicyclic) bond motifs is 1. The van der Waals surface area contributed by atoms with Gasteiger partial charge in [0.15, 0.2) is 0 Å². The quantitative estimate of drug-likeness (QED) is 0.658. The van der Waals surface area contributed by atoms with Crippen molar-refractivity contribution in [2.45, 2.75) is 6.92 Å². The molecule has 90 valence electrons. The molecule has 0 atom stereocenters. The molecule has 0 fully saturated rings. The Balaban J connectivity index is 2.36. The van der Waals surface area contributed by atoms with E-state index in [4.69, 9.17) is 0 Å². The van der Waals surface area contributed by atoms with E-state index in [-0.39, 0.29) is 5.82 Å². The Morgan fingerprint density at radius 1 is 1.17 bits per heavy atom. The molecule has 0 spiro atoms. The summed E-state index contributed by atoms with van der Waals surface area (Å²) in [7, 11) is 0. The zero-order chi connectivity index (χ0) is 12.7. The second-order valence-corrected chi connectivity index (χ2v) is 4.92. The molecule has 0 saturated heterocycles. The van der Waals surface area contributed by atoms with Crippen molar-refractivity contribution in [2.75, 3.05) is 0 Å². The van der Waals surface area contributed by atoms with E-state index >= 15 is 0 Å². The van der Waals surface area contributed by atoms with Crippen LogP contribution in [0.1, 0.15) is 5.56 Å². The van der Waals surface area contributed by atoms with E-state index in [9.17, 15) is 4.39 Å². The van der Waals surface area contributed by atoms with Crippen LogP contribution in [0.4, 0.5) is 4.39 Å². The normalized spacial score (nSPS) is 11.1. The Labute approximate surface area is 112 Å². The Morgan fingerprint density at radius 2 is 1.94 bits per heavy atom. The van der Waals surface area contributed by atoms with Crippen molar-refractivity contribution >= 4 is 21.4 Å². The van der Waals surface area contributed by atoms with Gasteiger partial charge in [0.2, 0.25) is 0 Å². The molecular formula is C14H10BrFN2. The minimum Gasteiger partial charge on any atom is -0.298 e. The van der Waals surface area contributed by atoms with Crippen LogP contribution >= 0.6 is 15.9 Å². The molecule has 0 N–H and O–H groups in total. The monoisotopic (exact) mass is 304 g/mol. The molecule has 3 aromatic rings. The van der Waals surface area contributed by atoms with Crippen LogP contribution in [0.25, 0.3) is 16.9 Å². The summed E-state index contributed by atoms with van der Waals surface area (Å²) in [6.07, 6.45) is 1.95. The van der Waals surface area contributed by atoms with Gasteiger partial charge in [0.1, 0.15) is 16.2 Å². The molecule has 0 saturated carbocycles. The van der Waals surface area contributed by atoms with E-state index in [0.717, 1.165) is 15.7 Å². The summed E-state index contributed by atoms with van der Waals surface area (Å²) in [6.45, 7) is 2.00. The maximum Gasteiger partial charge on any atom is 0.148 e. The standard InChI is InChI=1S/C14H10BrFN2/c1-9-6-7-12-13(15)17-14(18(12)8-9)10-4-2-3-5-11(10)16/h2-8H,1H3. The van der Waals surface area contributed by atoms with Crippen LogP contribution in [0.2, 0.25) is 0 Å². The van der Waals surface area contributed by atoms with Crippen LogP contribution < -0.4 is 0 Å². The van der Waals surface area contributed by atoms with Gasteiger partial charge in [0, 0.05) is 6.20 Å². The predicted molar refractivity (Wildman–Crippen MR) is 73.0 cm³/mol. The van der Waals surface area contributed by atoms with Gasteiger partial charge in [0.25, 0.3) is 0 Å². The van der Waals surface area contributed by atoms with Gasteiger partial charge >= 0.3 is 0 Å². The van der Waals surface area contributed by atoms with Gasteiger partial charge in [-0.1, -0.05) is 18.2 Å². The molecular weight excluding hydrogens is 295 g/mol. The molecule has 2 aromatic heterocycles. The zero-order valence-corrected chi connectivity index (χ0v) is 11.3. The van der Waals surface area contributed by atoms with Gasteiger partial charge in [-0.2, -0.15) is 0 Å². The first-order chi connectivity index (χ1) is 8.66. The number of nitrogens with zero attached hydrogens (tertiary/aromatic N) is 2. The van der Waals surface area contributed by atoms with Crippen molar-refractivity contribution in [3.63, 3.8) is 0 Å². The summed E-state index contributed by atoms with van der Waals surface area (Å²) in [5, 5.41) is 0. The van der Waals surface area contributed by atoms with Gasteiger partial charge in [0.05, 0.1) is 11.1 Å². The fourth-order valence-electron chi connectivity index (χ4n) is 1.99. The van der Waals surface area contributed by atoms with E-state index in [1.54, 1.807) is 12.1 Å². The molecule has 4 heteroatoms. The fraction of sp³-hybridized carbons (Fsp3) is 0.0714. The third kappa shape index (κ3) is 1.73. The molecule has 0 unspecified atom stereocenters. The van der Waals surface area contributed by atoms with Crippen LogP contribution in [-0.2, 0) is 0 Å². The zero-order valence-electron chi connectivity index (χ0n) is 9.69. The largest absolute Gasteiger partial charge is 0.298 e. The highest BCUT2D eigenvalue weighted by atomic mass is 79.9. The smallest absolute Gasteiger partial charge is 0.148 e. The average molecular weight is 305 g/mol. The van der Waals surface area contributed by atoms with Crippen molar-refractivity contribution in [2.24, 2.45) is 0 Å². The molecule has 0 bridgehead atoms. The Bertz CT molecular complexity index is 734. The lowest BCUT2D eigenvalue weighted by molar-refractivity contribution is 0.630. The van der Waals surface area contributed by atoms with Crippen molar-refractivity contribution in [3.05, 3.63) is 58.6 Å². The Hall–Kier alpha value is -1.68. The fourth-order valence-corrected chi connectivity index (χ4v) is 2.48. The van der Waals surface area contributed by atoms with Gasteiger partial charge in [-0.25, -0.2) is 9.37 Å². The van der Waals surface area contributed by atoms with Crippen molar-refractivity contribution in [1.82, 2.24) is 9.38 Å². The molecule has 0 aliphatic rings. The van der Waals surface area contributed by atoms with E-state index in [1.165, 1.54) is 6.07 Å². The van der Waals surface area contributed by atoms with E-state index in [1.807, 2.05) is 35.7 Å². The highest BCUT2D eigenvalue weighted by molar-refractivity contribution is 9.10. The van der Waals surface area contributed by atoms with Crippen LogP contribution in [0.3, 0.4) is 0 Å². The van der Waals surface area contributed by atoms with E-state index in [2.05, 4.69) is 20.9 Å². The van der Waals surface area contributed by atoms with Gasteiger partial charge in [-0.15, -0.1) is 0 Å². The van der Waals surface area contributed by atoms with Gasteiger partial charge in [-0.3, -0.25) is 4.40 Å². The molecule has 0 aliphatic heterocycles. The number of aromatic nitrogens is 2. The SMILES string of the molecule is Cc1ccc2c(Br)nc(-c3ccccc3F)n2c1. The predicted octanol–water partition coefficient (Wildman–Crippen LogP) is 4.21. The van der Waals surface area contributed by atoms with Crippen molar-refractivity contribution in [3.8, 4) is 11.4 Å². The first-order valence-corrected chi connectivity index (χ1v) is 6.35. The van der Waals surface area contributed by atoms with Gasteiger partial charge in [-0.05, 0) is 46.6 Å². The van der Waals surface area contributed by atoms with Crippen LogP contribution in [0, 0.1) is 12.7 Å². The third-order valence-corrected chi connectivity index (χ3v) is 3.44. The molecule has 0 amide bonds. The van der Waals surface area contributed by atoms with Crippen LogP contribution in [0.5, 0.6) is 0 Å². The lowest BCUT2D eigenvalue weighted by Gasteiger charge is -2.03. The summed E-state index contributed by atoms with van der Waals surface area (Å²) in [5.41, 5.74) is 2.53. The highest BCUT2D eigenvalue weighted by Gasteiger charge is 2.13. The minimum absolute atomic E-state index is 0.265. The lowest BCUT2D eigenvalue weighted by Crippen LogP contribution is -1.92. The summed E-state index contributed by atoms with van der Waals surface area (Å²) < 4.78 is 16.5. The molecule has 2 nitrogen and oxygen atoms in total. The molecule has 0 radical (unpaired) electrons. The highest BCUT2D eigenvalue weighted by Crippen LogP contribution is 2.27. The molecule has 3 rings (SSSR count). The summed E-state index contributed by atoms with van der Waals surface area (Å²) in [4.78, 5) is 4.40. The molecule has 0 aliphatic carbocycles. The number of rotatable bonds is 1. The second kappa shape index (κ2) is 4.21. The average Bonchev–Trinajstić information content (AvgIpc) is 2.67. The first-order valence-electron chi connectivity index (χ1n) is 5.56. The van der Waals surface area contributed by atoms with Crippen molar-refractivity contribution in [1.29, 1.82) is 0 Å². The lowest BCUT2D eigenvalue weighted by atomic mass is 10.2. The van der Waals surface area contributed by atoms with E-state index in [0.29, 0.717) is 11.4 Å². The maximum absolute atomic E-state index is 13.8. The van der Waals surface area contributed by atoms with Crippen LogP contribution in [-0.4, -0.2) is 9.38 Å².